The summed E-state index contributed by atoms with van der Waals surface area (Å²) in [5.74, 6) is 0. The van der Waals surface area contributed by atoms with Crippen molar-refractivity contribution in [2.24, 2.45) is 25.0 Å². The van der Waals surface area contributed by atoms with Crippen LogP contribution >= 0.6 is 0 Å². The highest BCUT2D eigenvalue weighted by molar-refractivity contribution is 6.11. The minimum absolute atomic E-state index is 0.0273. The van der Waals surface area contributed by atoms with Crippen molar-refractivity contribution in [1.29, 1.82) is 0 Å². The number of anilines is 10. The number of nitrogens with zero attached hydrogens (tertiary/aromatic N) is 10. The van der Waals surface area contributed by atoms with E-state index in [1.165, 1.54) is 185 Å². The summed E-state index contributed by atoms with van der Waals surface area (Å²) in [5.41, 5.74) is 51.9. The first kappa shape index (κ1) is 90.5. The molecule has 0 saturated carbocycles. The minimum atomic E-state index is -0.0523. The summed E-state index contributed by atoms with van der Waals surface area (Å²) in [4.78, 5) is 35.5. The van der Waals surface area contributed by atoms with Gasteiger partial charge < -0.3 is 24.5 Å². The van der Waals surface area contributed by atoms with E-state index in [1.54, 1.807) is 0 Å². The summed E-state index contributed by atoms with van der Waals surface area (Å²) < 4.78 is 0. The zero-order valence-electron chi connectivity index (χ0n) is 82.5. The number of fused-ring (bicyclic) bond motifs is 11. The fraction of sp³-hybridized carbons (Fsp3) is 0.144. The Morgan fingerprint density at radius 1 is 0.183 bits per heavy atom. The number of para-hydroxylation sites is 10. The van der Waals surface area contributed by atoms with Gasteiger partial charge in [0.25, 0.3) is 0 Å². The van der Waals surface area contributed by atoms with Crippen molar-refractivity contribution >= 4 is 114 Å². The molecule has 10 nitrogen and oxygen atoms in total. The first-order chi connectivity index (χ1) is 69.2. The maximum Gasteiger partial charge on any atom is 0.0669 e. The zero-order chi connectivity index (χ0) is 96.9. The maximum atomic E-state index is 4.89. The lowest BCUT2D eigenvalue weighted by molar-refractivity contribution is 0.629. The van der Waals surface area contributed by atoms with Gasteiger partial charge in [0.2, 0.25) is 0 Å². The second kappa shape index (κ2) is 37.9. The molecule has 8 aliphatic rings. The van der Waals surface area contributed by atoms with Crippen LogP contribution in [-0.2, 0) is 48.3 Å². The van der Waals surface area contributed by atoms with E-state index in [0.717, 1.165) is 83.4 Å². The van der Waals surface area contributed by atoms with Crippen LogP contribution in [0.1, 0.15) is 131 Å². The van der Waals surface area contributed by atoms with Gasteiger partial charge in [-0.25, -0.2) is 0 Å². The molecule has 0 aromatic heterocycles. The van der Waals surface area contributed by atoms with Gasteiger partial charge in [-0.15, -0.1) is 0 Å². The number of hydrogen-bond acceptors (Lipinski definition) is 10. The van der Waals surface area contributed by atoms with E-state index in [0.29, 0.717) is 0 Å². The molecule has 142 heavy (non-hydrogen) atoms. The van der Waals surface area contributed by atoms with Gasteiger partial charge in [0.05, 0.1) is 57.0 Å². The normalized spacial score (nSPS) is 14.6. The highest BCUT2D eigenvalue weighted by Gasteiger charge is 2.39. The predicted octanol–water partition coefficient (Wildman–Crippen LogP) is 32.6. The van der Waals surface area contributed by atoms with Crippen molar-refractivity contribution in [1.82, 2.24) is 0 Å². The zero-order valence-corrected chi connectivity index (χ0v) is 82.5. The summed E-state index contributed by atoms with van der Waals surface area (Å²) in [7, 11) is 10.7. The fourth-order valence-electron chi connectivity index (χ4n) is 21.7. The Morgan fingerprint density at radius 2 is 0.394 bits per heavy atom. The Balaban J connectivity index is 0.000000102. The molecule has 8 heterocycles. The Morgan fingerprint density at radius 3 is 0.725 bits per heavy atom. The van der Waals surface area contributed by atoms with Crippen LogP contribution in [0.15, 0.2) is 456 Å². The second-order valence-electron chi connectivity index (χ2n) is 39.7. The Labute approximate surface area is 835 Å². The second-order valence-corrected chi connectivity index (χ2v) is 39.7. The minimum Gasteiger partial charge on any atom is -0.345 e. The smallest absolute Gasteiger partial charge is 0.0669 e. The maximum absolute atomic E-state index is 4.89. The van der Waals surface area contributed by atoms with E-state index in [2.05, 4.69) is 508 Å². The molecule has 8 aliphatic heterocycles. The van der Waals surface area contributed by atoms with Crippen molar-refractivity contribution in [3.8, 4) is 33.4 Å². The molecular formula is C132H114N10. The molecule has 0 N–H and O–H groups in total. The van der Waals surface area contributed by atoms with Crippen molar-refractivity contribution in [3.05, 3.63) is 520 Å². The summed E-state index contributed by atoms with van der Waals surface area (Å²) in [6.07, 6.45) is 4.56. The van der Waals surface area contributed by atoms with Gasteiger partial charge in [0, 0.05) is 140 Å². The average Bonchev–Trinajstić information content (AvgIpc) is 0.780. The van der Waals surface area contributed by atoms with Crippen LogP contribution < -0.4 is 24.5 Å². The van der Waals surface area contributed by atoms with Gasteiger partial charge >= 0.3 is 0 Å². The number of hydrogen-bond donors (Lipinski definition) is 0. The molecule has 18 aromatic rings. The number of aliphatic imine (C=N–C) groups is 5. The molecule has 0 spiro atoms. The van der Waals surface area contributed by atoms with Gasteiger partial charge in [-0.05, 0) is 262 Å². The topological polar surface area (TPSA) is 78.0 Å². The lowest BCUT2D eigenvalue weighted by atomic mass is 9.73. The van der Waals surface area contributed by atoms with E-state index < -0.39 is 0 Å². The van der Waals surface area contributed by atoms with Crippen molar-refractivity contribution in [2.75, 3.05) is 59.7 Å². The predicted molar refractivity (Wildman–Crippen MR) is 599 cm³/mol. The average molecular weight is 1840 g/mol. The van der Waals surface area contributed by atoms with E-state index in [4.69, 9.17) is 25.0 Å². The van der Waals surface area contributed by atoms with Crippen molar-refractivity contribution in [3.63, 3.8) is 0 Å². The van der Waals surface area contributed by atoms with Crippen LogP contribution in [0.2, 0.25) is 0 Å². The van der Waals surface area contributed by atoms with E-state index in [9.17, 15) is 0 Å². The Kier molecular flexibility index (Phi) is 24.1. The molecule has 18 aromatic carbocycles. The summed E-state index contributed by atoms with van der Waals surface area (Å²) >= 11 is 0. The third-order valence-corrected chi connectivity index (χ3v) is 30.0. The van der Waals surface area contributed by atoms with Crippen molar-refractivity contribution in [2.45, 2.75) is 89.9 Å². The Hall–Kier alpha value is -16.7. The van der Waals surface area contributed by atoms with Crippen LogP contribution in [0.3, 0.4) is 0 Å². The van der Waals surface area contributed by atoms with Crippen LogP contribution in [0.4, 0.5) is 85.3 Å². The SMILES string of the molecule is CN(c1ccccc1)c1ccc(-c2ccc(C3=Nc4ccccc4C3)cc2)cc1.CN(c1ccccc1)c1ccc(C2=Nc3ccccc3C2)cc1.CN1c2ccccc2C(C)(C)c2cc(-c3ccc(C4=Nc5ccccc5C4)cc3)ccc21.CN1c2ccccc2C(C)(C)c2cc(-c3cccc(C4=Nc5ccccc5C4)c3)ccc21.CN1c2ccccc2C(C)(C)c2cc(C3=Nc4ccccc4C3)ccc21. The molecule has 0 bridgehead atoms. The quantitative estimate of drug-likeness (QED) is 0.122. The van der Waals surface area contributed by atoms with Gasteiger partial charge in [-0.3, -0.25) is 25.0 Å². The molecule has 10 heteroatoms. The summed E-state index contributed by atoms with van der Waals surface area (Å²) in [5, 5.41) is 0. The fourth-order valence-corrected chi connectivity index (χ4v) is 21.7. The lowest BCUT2D eigenvalue weighted by Gasteiger charge is -2.40. The van der Waals surface area contributed by atoms with E-state index in [-0.39, 0.29) is 16.2 Å². The van der Waals surface area contributed by atoms with Crippen LogP contribution in [0, 0.1) is 0 Å². The highest BCUT2D eigenvalue weighted by atomic mass is 15.1. The highest BCUT2D eigenvalue weighted by Crippen LogP contribution is 2.53. The van der Waals surface area contributed by atoms with Gasteiger partial charge in [0.1, 0.15) is 0 Å². The molecule has 0 amide bonds. The van der Waals surface area contributed by atoms with Crippen molar-refractivity contribution < 1.29 is 0 Å². The largest absolute Gasteiger partial charge is 0.345 e. The number of rotatable bonds is 12. The Bertz CT molecular complexity index is 8020. The monoisotopic (exact) mass is 1840 g/mol. The standard InChI is InChI=1S/2C30H26N2.C27H22N2.C24H22N2.C21H18N2/c1-30(2)24-12-5-7-14-28(24)32(3)29-16-15-21(18-25(29)30)20-10-8-11-22(17-20)27-19-23-9-4-6-13-26(23)31-27;1-30(2)24-9-5-7-11-28(24)32(3)29-17-16-22(18-25(29)30)20-12-14-21(15-13-20)27-19-23-8-4-6-10-26(23)31-27;1-29(24-8-3-2-4-9-24)25-17-15-21(16-18-25)20-11-13-22(14-12-20)27-19-23-7-5-6-10-26(23)28-27;1-24(2)18-9-5-7-11-22(18)26(3)23-13-12-17(14-19(23)24)21-15-16-8-4-6-10-20(16)25-21;1-23(18-8-3-2-4-9-18)19-13-11-16(12-14-19)21-15-17-7-5-6-10-20(17)22-21/h2*4-18H,19H2,1-3H3;2-18H,19H2,1H3;4-14H,15H2,1-3H3;2-14H,15H2,1H3. The molecule has 0 aliphatic carbocycles. The molecule has 26 rings (SSSR count). The molecular weight excluding hydrogens is 1730 g/mol. The van der Waals surface area contributed by atoms with Gasteiger partial charge in [0.15, 0.2) is 0 Å². The van der Waals surface area contributed by atoms with Gasteiger partial charge in [-0.2, -0.15) is 0 Å². The lowest BCUT2D eigenvalue weighted by Crippen LogP contribution is -2.31. The molecule has 0 atom stereocenters. The first-order valence-electron chi connectivity index (χ1n) is 49.5. The summed E-state index contributed by atoms with van der Waals surface area (Å²) in [6, 6.07) is 154. The van der Waals surface area contributed by atoms with Crippen LogP contribution in [0.5, 0.6) is 0 Å². The molecule has 0 saturated heterocycles. The van der Waals surface area contributed by atoms with Gasteiger partial charge in [-0.1, -0.05) is 333 Å². The third kappa shape index (κ3) is 17.5. The third-order valence-electron chi connectivity index (χ3n) is 30.0. The molecule has 0 radical (unpaired) electrons. The summed E-state index contributed by atoms with van der Waals surface area (Å²) in [6.45, 7) is 14.0. The van der Waals surface area contributed by atoms with E-state index >= 15 is 0 Å². The van der Waals surface area contributed by atoms with Crippen LogP contribution in [0.25, 0.3) is 33.4 Å². The molecule has 0 fully saturated rings. The molecule has 692 valence electrons. The number of benzene rings is 18. The molecule has 0 unspecified atom stereocenters. The van der Waals surface area contributed by atoms with E-state index in [1.807, 2.05) is 24.3 Å². The first-order valence-corrected chi connectivity index (χ1v) is 49.5. The van der Waals surface area contributed by atoms with Crippen LogP contribution in [-0.4, -0.2) is 63.8 Å².